The van der Waals surface area contributed by atoms with Gasteiger partial charge in [-0.25, -0.2) is 4.98 Å². The van der Waals surface area contributed by atoms with Crippen molar-refractivity contribution in [1.82, 2.24) is 9.36 Å². The molecule has 0 radical (unpaired) electrons. The molecule has 0 bridgehead atoms. The van der Waals surface area contributed by atoms with E-state index in [1.807, 2.05) is 13.0 Å². The number of rotatable bonds is 3. The molecule has 1 N–H and O–H groups in total. The van der Waals surface area contributed by atoms with Gasteiger partial charge in [-0.15, -0.1) is 0 Å². The molecule has 0 saturated heterocycles. The van der Waals surface area contributed by atoms with Crippen molar-refractivity contribution in [2.75, 3.05) is 18.5 Å². The molecule has 2 heterocycles. The van der Waals surface area contributed by atoms with Crippen LogP contribution in [0.4, 0.5) is 5.69 Å². The van der Waals surface area contributed by atoms with Crippen molar-refractivity contribution in [2.45, 2.75) is 6.92 Å². The Hall–Kier alpha value is -1.69. The van der Waals surface area contributed by atoms with Crippen LogP contribution in [-0.2, 0) is 4.79 Å². The molecule has 16 heavy (non-hydrogen) atoms. The number of nitrogens with zero attached hydrogens (tertiary/aromatic N) is 3. The zero-order valence-electron chi connectivity index (χ0n) is 8.97. The number of carboxylic acid groups (broad SMARTS) is 1. The predicted octanol–water partition coefficient (Wildman–Crippen LogP) is 1.52. The molecular weight excluding hydrogens is 226 g/mol. The minimum atomic E-state index is -0.853. The number of carbonyl (C=O) groups is 1. The Kier molecular flexibility index (Phi) is 2.74. The van der Waals surface area contributed by atoms with Crippen LogP contribution in [0.5, 0.6) is 0 Å². The Labute approximate surface area is 96.5 Å². The molecule has 2 aromatic heterocycles. The normalized spacial score (nSPS) is 10.6. The first-order valence-electron chi connectivity index (χ1n) is 4.73. The second-order valence-electron chi connectivity index (χ2n) is 3.53. The summed E-state index contributed by atoms with van der Waals surface area (Å²) in [5.41, 5.74) is 1.75. The first-order chi connectivity index (χ1) is 7.59. The van der Waals surface area contributed by atoms with Crippen LogP contribution in [-0.4, -0.2) is 34.0 Å². The van der Waals surface area contributed by atoms with Gasteiger partial charge < -0.3 is 10.0 Å². The molecule has 0 aliphatic rings. The Morgan fingerprint density at radius 2 is 2.38 bits per heavy atom. The summed E-state index contributed by atoms with van der Waals surface area (Å²) >= 11 is 1.33. The summed E-state index contributed by atoms with van der Waals surface area (Å²) in [5.74, 6) is -0.853. The van der Waals surface area contributed by atoms with Gasteiger partial charge in [-0.1, -0.05) is 0 Å². The van der Waals surface area contributed by atoms with Gasteiger partial charge in [0, 0.05) is 13.2 Å². The van der Waals surface area contributed by atoms with Gasteiger partial charge in [0.2, 0.25) is 0 Å². The Morgan fingerprint density at radius 1 is 1.62 bits per heavy atom. The first kappa shape index (κ1) is 10.8. The average Bonchev–Trinajstić information content (AvgIpc) is 2.59. The van der Waals surface area contributed by atoms with E-state index in [9.17, 15) is 4.79 Å². The Bertz CT molecular complexity index is 538. The second-order valence-corrected chi connectivity index (χ2v) is 4.28. The molecule has 6 heteroatoms. The van der Waals surface area contributed by atoms with Crippen LogP contribution >= 0.6 is 11.5 Å². The number of carboxylic acids is 1. The molecule has 0 saturated carbocycles. The number of likely N-dealkylation sites (N-methyl/N-ethyl adjacent to an activating group) is 1. The number of hydrogen-bond donors (Lipinski definition) is 1. The lowest BCUT2D eigenvalue weighted by atomic mass is 10.2. The number of fused-ring (bicyclic) bond motifs is 1. The van der Waals surface area contributed by atoms with Gasteiger partial charge >= 0.3 is 5.97 Å². The van der Waals surface area contributed by atoms with Crippen LogP contribution in [0.2, 0.25) is 0 Å². The number of hydrogen-bond acceptors (Lipinski definition) is 5. The van der Waals surface area contributed by atoms with Crippen molar-refractivity contribution >= 4 is 33.4 Å². The topological polar surface area (TPSA) is 66.3 Å². The maximum Gasteiger partial charge on any atom is 0.323 e. The predicted molar refractivity (Wildman–Crippen MR) is 63.1 cm³/mol. The van der Waals surface area contributed by atoms with Gasteiger partial charge in [-0.2, -0.15) is 4.37 Å². The van der Waals surface area contributed by atoms with Gasteiger partial charge in [0.1, 0.15) is 11.4 Å². The van der Waals surface area contributed by atoms with Crippen molar-refractivity contribution in [1.29, 1.82) is 0 Å². The Balaban J connectivity index is 2.50. The summed E-state index contributed by atoms with van der Waals surface area (Å²) in [7, 11) is 1.75. The highest BCUT2D eigenvalue weighted by Gasteiger charge is 2.13. The van der Waals surface area contributed by atoms with Crippen LogP contribution in [0.15, 0.2) is 12.3 Å². The number of aryl methyl sites for hydroxylation is 1. The second kappa shape index (κ2) is 4.05. The fourth-order valence-corrected chi connectivity index (χ4v) is 2.37. The van der Waals surface area contributed by atoms with Crippen LogP contribution in [0.3, 0.4) is 0 Å². The van der Waals surface area contributed by atoms with E-state index in [-0.39, 0.29) is 6.54 Å². The van der Waals surface area contributed by atoms with Crippen LogP contribution in [0, 0.1) is 6.92 Å². The molecule has 5 nitrogen and oxygen atoms in total. The van der Waals surface area contributed by atoms with E-state index in [1.54, 1.807) is 18.1 Å². The quantitative estimate of drug-likeness (QED) is 0.876. The summed E-state index contributed by atoms with van der Waals surface area (Å²) in [6, 6.07) is 1.81. The molecule has 0 spiro atoms. The Morgan fingerprint density at radius 3 is 3.06 bits per heavy atom. The lowest BCUT2D eigenvalue weighted by molar-refractivity contribution is -0.135. The number of aromatic nitrogens is 2. The lowest BCUT2D eigenvalue weighted by Gasteiger charge is -2.17. The third kappa shape index (κ3) is 1.83. The van der Waals surface area contributed by atoms with Gasteiger partial charge in [0.15, 0.2) is 0 Å². The molecule has 0 amide bonds. The highest BCUT2D eigenvalue weighted by Crippen LogP contribution is 2.29. The van der Waals surface area contributed by atoms with Gasteiger partial charge in [-0.3, -0.25) is 4.79 Å². The molecular formula is C10H11N3O2S. The lowest BCUT2D eigenvalue weighted by Crippen LogP contribution is -2.25. The van der Waals surface area contributed by atoms with Crippen LogP contribution in [0.25, 0.3) is 10.2 Å². The fourth-order valence-electron chi connectivity index (χ4n) is 1.61. The van der Waals surface area contributed by atoms with Gasteiger partial charge in [0.25, 0.3) is 0 Å². The van der Waals surface area contributed by atoms with E-state index in [0.29, 0.717) is 0 Å². The van der Waals surface area contributed by atoms with E-state index in [4.69, 9.17) is 5.11 Å². The van der Waals surface area contributed by atoms with Crippen molar-refractivity contribution in [3.63, 3.8) is 0 Å². The zero-order valence-corrected chi connectivity index (χ0v) is 9.78. The molecule has 0 aliphatic heterocycles. The number of pyridine rings is 1. The molecule has 0 unspecified atom stereocenters. The van der Waals surface area contributed by atoms with Gasteiger partial charge in [-0.05, 0) is 24.5 Å². The summed E-state index contributed by atoms with van der Waals surface area (Å²) in [5, 5.41) is 9.71. The monoisotopic (exact) mass is 237 g/mol. The van der Waals surface area contributed by atoms with E-state index >= 15 is 0 Å². The summed E-state index contributed by atoms with van der Waals surface area (Å²) in [6.07, 6.45) is 1.67. The van der Waals surface area contributed by atoms with Crippen molar-refractivity contribution in [3.05, 3.63) is 18.0 Å². The third-order valence-electron chi connectivity index (χ3n) is 2.31. The van der Waals surface area contributed by atoms with Crippen molar-refractivity contribution < 1.29 is 9.90 Å². The molecule has 0 aliphatic carbocycles. The molecule has 0 fully saturated rings. The van der Waals surface area contributed by atoms with Crippen LogP contribution < -0.4 is 4.90 Å². The van der Waals surface area contributed by atoms with Crippen LogP contribution in [0.1, 0.15) is 5.69 Å². The summed E-state index contributed by atoms with van der Waals surface area (Å²) in [4.78, 5) is 17.4. The van der Waals surface area contributed by atoms with Crippen molar-refractivity contribution in [2.24, 2.45) is 0 Å². The largest absolute Gasteiger partial charge is 0.480 e. The smallest absolute Gasteiger partial charge is 0.323 e. The summed E-state index contributed by atoms with van der Waals surface area (Å²) in [6.45, 7) is 1.87. The highest BCUT2D eigenvalue weighted by molar-refractivity contribution is 7.13. The van der Waals surface area contributed by atoms with Crippen molar-refractivity contribution in [3.8, 4) is 0 Å². The highest BCUT2D eigenvalue weighted by atomic mass is 32.1. The SMILES string of the molecule is Cc1nsc2nccc(N(C)CC(=O)O)c12. The zero-order chi connectivity index (χ0) is 11.7. The average molecular weight is 237 g/mol. The molecule has 0 aromatic carbocycles. The van der Waals surface area contributed by atoms with E-state index in [1.165, 1.54) is 11.5 Å². The minimum Gasteiger partial charge on any atom is -0.480 e. The summed E-state index contributed by atoms with van der Waals surface area (Å²) < 4.78 is 4.22. The van der Waals surface area contributed by atoms with E-state index in [2.05, 4.69) is 9.36 Å². The molecule has 2 rings (SSSR count). The third-order valence-corrected chi connectivity index (χ3v) is 3.16. The standard InChI is InChI=1S/C10H11N3O2S/c1-6-9-7(13(2)5-8(14)15)3-4-11-10(9)16-12-6/h3-4H,5H2,1-2H3,(H,14,15). The van der Waals surface area contributed by atoms with E-state index in [0.717, 1.165) is 21.6 Å². The fraction of sp³-hybridized carbons (Fsp3) is 0.300. The van der Waals surface area contributed by atoms with E-state index < -0.39 is 5.97 Å². The number of aliphatic carboxylic acids is 1. The maximum atomic E-state index is 10.7. The first-order valence-corrected chi connectivity index (χ1v) is 5.51. The van der Waals surface area contributed by atoms with Gasteiger partial charge in [0.05, 0.1) is 16.8 Å². The molecule has 84 valence electrons. The number of anilines is 1. The minimum absolute atomic E-state index is 0.0333. The maximum absolute atomic E-state index is 10.7. The molecule has 0 atom stereocenters. The molecule has 2 aromatic rings.